The number of amides is 1. The quantitative estimate of drug-likeness (QED) is 0.848. The number of hydrogen-bond donors (Lipinski definition) is 1. The van der Waals surface area contributed by atoms with Crippen molar-refractivity contribution in [1.82, 2.24) is 5.32 Å². The zero-order chi connectivity index (χ0) is 17.4. The standard InChI is InChI=1S/C19H18N2O3/c1-14(22)18(11-15-6-3-2-4-7-15)21-19(23)13-24-17-9-5-8-16(10-17)12-20/h2-10,18H,11,13H2,1H3,(H,21,23)/t18-/m0/s1. The van der Waals surface area contributed by atoms with Crippen LogP contribution in [0, 0.1) is 11.3 Å². The second-order valence-corrected chi connectivity index (χ2v) is 5.35. The monoisotopic (exact) mass is 322 g/mol. The summed E-state index contributed by atoms with van der Waals surface area (Å²) in [7, 11) is 0. The number of ether oxygens (including phenoxy) is 1. The van der Waals surface area contributed by atoms with Crippen molar-refractivity contribution in [2.75, 3.05) is 6.61 Å². The van der Waals surface area contributed by atoms with Crippen LogP contribution in [0.2, 0.25) is 0 Å². The molecule has 0 saturated carbocycles. The lowest BCUT2D eigenvalue weighted by Crippen LogP contribution is -2.43. The molecule has 5 nitrogen and oxygen atoms in total. The van der Waals surface area contributed by atoms with E-state index in [2.05, 4.69) is 5.32 Å². The molecule has 24 heavy (non-hydrogen) atoms. The summed E-state index contributed by atoms with van der Waals surface area (Å²) < 4.78 is 5.37. The van der Waals surface area contributed by atoms with Gasteiger partial charge >= 0.3 is 0 Å². The Balaban J connectivity index is 1.91. The first-order valence-electron chi connectivity index (χ1n) is 7.55. The minimum atomic E-state index is -0.589. The van der Waals surface area contributed by atoms with Crippen molar-refractivity contribution in [3.8, 4) is 11.8 Å². The third-order valence-corrected chi connectivity index (χ3v) is 3.44. The fourth-order valence-electron chi connectivity index (χ4n) is 2.19. The minimum Gasteiger partial charge on any atom is -0.484 e. The molecule has 0 spiro atoms. The van der Waals surface area contributed by atoms with E-state index in [-0.39, 0.29) is 18.3 Å². The predicted molar refractivity (Wildman–Crippen MR) is 89.4 cm³/mol. The summed E-state index contributed by atoms with van der Waals surface area (Å²) in [5.74, 6) is -0.0567. The Bertz CT molecular complexity index is 751. The number of nitriles is 1. The number of rotatable bonds is 7. The summed E-state index contributed by atoms with van der Waals surface area (Å²) in [4.78, 5) is 23.8. The Hall–Kier alpha value is -3.13. The maximum atomic E-state index is 12.0. The first-order valence-corrected chi connectivity index (χ1v) is 7.55. The van der Waals surface area contributed by atoms with E-state index in [0.29, 0.717) is 17.7 Å². The molecular weight excluding hydrogens is 304 g/mol. The average molecular weight is 322 g/mol. The molecule has 0 unspecified atom stereocenters. The van der Waals surface area contributed by atoms with Crippen molar-refractivity contribution in [2.24, 2.45) is 0 Å². The van der Waals surface area contributed by atoms with Crippen LogP contribution in [0.5, 0.6) is 5.75 Å². The van der Waals surface area contributed by atoms with Gasteiger partial charge in [-0.15, -0.1) is 0 Å². The summed E-state index contributed by atoms with van der Waals surface area (Å²) in [5, 5.41) is 11.5. The molecule has 0 saturated heterocycles. The van der Waals surface area contributed by atoms with E-state index in [1.165, 1.54) is 6.92 Å². The van der Waals surface area contributed by atoms with Gasteiger partial charge in [0.1, 0.15) is 5.75 Å². The maximum Gasteiger partial charge on any atom is 0.258 e. The highest BCUT2D eigenvalue weighted by atomic mass is 16.5. The van der Waals surface area contributed by atoms with Gasteiger partial charge < -0.3 is 10.1 Å². The Morgan fingerprint density at radius 1 is 1.17 bits per heavy atom. The third-order valence-electron chi connectivity index (χ3n) is 3.44. The zero-order valence-corrected chi connectivity index (χ0v) is 13.4. The molecule has 122 valence electrons. The number of benzene rings is 2. The molecule has 0 bridgehead atoms. The molecule has 1 amide bonds. The minimum absolute atomic E-state index is 0.112. The molecule has 2 rings (SSSR count). The van der Waals surface area contributed by atoms with Crippen molar-refractivity contribution >= 4 is 11.7 Å². The van der Waals surface area contributed by atoms with E-state index >= 15 is 0 Å². The van der Waals surface area contributed by atoms with E-state index in [4.69, 9.17) is 10.00 Å². The lowest BCUT2D eigenvalue weighted by atomic mass is 10.0. The van der Waals surface area contributed by atoms with Crippen LogP contribution in [-0.4, -0.2) is 24.3 Å². The highest BCUT2D eigenvalue weighted by molar-refractivity contribution is 5.88. The molecule has 0 aliphatic heterocycles. The van der Waals surface area contributed by atoms with Crippen LogP contribution in [0.3, 0.4) is 0 Å². The van der Waals surface area contributed by atoms with Gasteiger partial charge in [-0.25, -0.2) is 0 Å². The van der Waals surface area contributed by atoms with Crippen LogP contribution in [0.4, 0.5) is 0 Å². The number of carbonyl (C=O) groups is 2. The molecule has 0 fully saturated rings. The topological polar surface area (TPSA) is 79.2 Å². The first kappa shape index (κ1) is 17.2. The van der Waals surface area contributed by atoms with Crippen LogP contribution in [-0.2, 0) is 16.0 Å². The van der Waals surface area contributed by atoms with Gasteiger partial charge in [-0.1, -0.05) is 36.4 Å². The molecule has 0 aromatic heterocycles. The highest BCUT2D eigenvalue weighted by Gasteiger charge is 2.17. The molecule has 0 aliphatic carbocycles. The lowest BCUT2D eigenvalue weighted by Gasteiger charge is -2.16. The zero-order valence-electron chi connectivity index (χ0n) is 13.4. The van der Waals surface area contributed by atoms with Gasteiger partial charge in [-0.2, -0.15) is 5.26 Å². The molecule has 2 aromatic carbocycles. The molecule has 1 N–H and O–H groups in total. The van der Waals surface area contributed by atoms with Gasteiger partial charge in [0.2, 0.25) is 0 Å². The SMILES string of the molecule is CC(=O)[C@H](Cc1ccccc1)NC(=O)COc1cccc(C#N)c1. The molecule has 0 radical (unpaired) electrons. The fourth-order valence-corrected chi connectivity index (χ4v) is 2.19. The third kappa shape index (κ3) is 5.25. The Morgan fingerprint density at radius 3 is 2.58 bits per heavy atom. The maximum absolute atomic E-state index is 12.0. The number of hydrogen-bond acceptors (Lipinski definition) is 4. The van der Waals surface area contributed by atoms with Gasteiger partial charge in [-0.05, 0) is 37.1 Å². The van der Waals surface area contributed by atoms with Gasteiger partial charge in [-0.3, -0.25) is 9.59 Å². The summed E-state index contributed by atoms with van der Waals surface area (Å²) in [6.45, 7) is 1.23. The van der Waals surface area contributed by atoms with Crippen molar-refractivity contribution in [1.29, 1.82) is 5.26 Å². The number of nitrogens with zero attached hydrogens (tertiary/aromatic N) is 1. The van der Waals surface area contributed by atoms with Gasteiger partial charge in [0.25, 0.3) is 5.91 Å². The van der Waals surface area contributed by atoms with Crippen molar-refractivity contribution in [2.45, 2.75) is 19.4 Å². The number of nitrogens with one attached hydrogen (secondary N) is 1. The molecule has 1 atom stereocenters. The van der Waals surface area contributed by atoms with Gasteiger partial charge in [0, 0.05) is 0 Å². The summed E-state index contributed by atoms with van der Waals surface area (Å²) in [5.41, 5.74) is 1.43. The Morgan fingerprint density at radius 2 is 1.92 bits per heavy atom. The largest absolute Gasteiger partial charge is 0.484 e. The van der Waals surface area contributed by atoms with E-state index in [0.717, 1.165) is 5.56 Å². The summed E-state index contributed by atoms with van der Waals surface area (Å²) in [6, 6.07) is 17.5. The van der Waals surface area contributed by atoms with Crippen LogP contribution in [0.15, 0.2) is 54.6 Å². The van der Waals surface area contributed by atoms with Gasteiger partial charge in [0.15, 0.2) is 12.4 Å². The average Bonchev–Trinajstić information content (AvgIpc) is 2.60. The second-order valence-electron chi connectivity index (χ2n) is 5.35. The van der Waals surface area contributed by atoms with Crippen molar-refractivity contribution < 1.29 is 14.3 Å². The van der Waals surface area contributed by atoms with Gasteiger partial charge in [0.05, 0.1) is 17.7 Å². The van der Waals surface area contributed by atoms with Crippen LogP contribution >= 0.6 is 0 Å². The van der Waals surface area contributed by atoms with Crippen LogP contribution in [0.1, 0.15) is 18.1 Å². The Kier molecular flexibility index (Phi) is 6.09. The normalized spacial score (nSPS) is 11.2. The predicted octanol–water partition coefficient (Wildman–Crippen LogP) is 2.25. The van der Waals surface area contributed by atoms with Crippen LogP contribution in [0.25, 0.3) is 0 Å². The smallest absolute Gasteiger partial charge is 0.258 e. The van der Waals surface area contributed by atoms with Crippen molar-refractivity contribution in [3.63, 3.8) is 0 Å². The summed E-state index contributed by atoms with van der Waals surface area (Å²) >= 11 is 0. The van der Waals surface area contributed by atoms with E-state index in [1.54, 1.807) is 24.3 Å². The molecule has 2 aromatic rings. The highest BCUT2D eigenvalue weighted by Crippen LogP contribution is 2.12. The number of ketones is 1. The number of carbonyl (C=O) groups excluding carboxylic acids is 2. The molecule has 0 aliphatic rings. The van der Waals surface area contributed by atoms with Crippen LogP contribution < -0.4 is 10.1 Å². The first-order chi connectivity index (χ1) is 11.6. The molecule has 5 heteroatoms. The second kappa shape index (κ2) is 8.49. The summed E-state index contributed by atoms with van der Waals surface area (Å²) in [6.07, 6.45) is 0.436. The fraction of sp³-hybridized carbons (Fsp3) is 0.211. The van der Waals surface area contributed by atoms with E-state index < -0.39 is 6.04 Å². The number of Topliss-reactive ketones (excluding diaryl/α,β-unsaturated/α-hetero) is 1. The Labute approximate surface area is 140 Å². The van der Waals surface area contributed by atoms with E-state index in [9.17, 15) is 9.59 Å². The van der Waals surface area contributed by atoms with E-state index in [1.807, 2.05) is 36.4 Å². The lowest BCUT2D eigenvalue weighted by molar-refractivity contribution is -0.128. The molecular formula is C19H18N2O3. The molecule has 0 heterocycles. The van der Waals surface area contributed by atoms with Crippen molar-refractivity contribution in [3.05, 3.63) is 65.7 Å².